The Morgan fingerprint density at radius 1 is 1.40 bits per heavy atom. The molecule has 0 saturated carbocycles. The van der Waals surface area contributed by atoms with Gasteiger partial charge < -0.3 is 15.5 Å². The lowest BCUT2D eigenvalue weighted by atomic mass is 10.1. The first-order valence-corrected chi connectivity index (χ1v) is 7.33. The molecule has 0 spiro atoms. The van der Waals surface area contributed by atoms with Crippen molar-refractivity contribution in [3.63, 3.8) is 0 Å². The summed E-state index contributed by atoms with van der Waals surface area (Å²) in [5.41, 5.74) is 7.43. The Morgan fingerprint density at radius 3 is 2.65 bits per heavy atom. The van der Waals surface area contributed by atoms with Crippen LogP contribution in [0.1, 0.15) is 25.3 Å². The molecule has 0 bridgehead atoms. The number of rotatable bonds is 4. The first kappa shape index (κ1) is 14.8. The standard InChI is InChI=1S/C15H21N3OS/c1-11(15(19)18-8-3-4-9-18)17(2)13-7-5-6-12(10-13)14(16)20/h5-7,10-11H,3-4,8-9H2,1-2H3,(H2,16,20). The normalized spacial score (nSPS) is 16.0. The summed E-state index contributed by atoms with van der Waals surface area (Å²) in [6.07, 6.45) is 2.22. The number of anilines is 1. The largest absolute Gasteiger partial charge is 0.389 e. The Kier molecular flexibility index (Phi) is 4.60. The van der Waals surface area contributed by atoms with E-state index in [4.69, 9.17) is 18.0 Å². The second-order valence-corrected chi connectivity index (χ2v) is 5.67. The monoisotopic (exact) mass is 291 g/mol. The minimum atomic E-state index is -0.185. The number of carbonyl (C=O) groups is 1. The Balaban J connectivity index is 2.13. The van der Waals surface area contributed by atoms with Gasteiger partial charge in [-0.1, -0.05) is 24.4 Å². The van der Waals surface area contributed by atoms with Crippen molar-refractivity contribution in [1.82, 2.24) is 4.90 Å². The molecule has 0 aliphatic carbocycles. The quantitative estimate of drug-likeness (QED) is 0.859. The summed E-state index contributed by atoms with van der Waals surface area (Å²) in [6, 6.07) is 7.50. The summed E-state index contributed by atoms with van der Waals surface area (Å²) in [6.45, 7) is 3.70. The van der Waals surface area contributed by atoms with Crippen molar-refractivity contribution in [2.75, 3.05) is 25.0 Å². The molecule has 1 fully saturated rings. The van der Waals surface area contributed by atoms with E-state index in [0.29, 0.717) is 4.99 Å². The van der Waals surface area contributed by atoms with Crippen LogP contribution in [0.25, 0.3) is 0 Å². The average Bonchev–Trinajstić information content (AvgIpc) is 2.99. The molecule has 1 aromatic carbocycles. The first-order valence-electron chi connectivity index (χ1n) is 6.92. The Labute approximate surface area is 125 Å². The Bertz CT molecular complexity index is 512. The molecule has 1 saturated heterocycles. The van der Waals surface area contributed by atoms with Crippen LogP contribution in [0.4, 0.5) is 5.69 Å². The minimum absolute atomic E-state index is 0.185. The zero-order chi connectivity index (χ0) is 14.7. The van der Waals surface area contributed by atoms with E-state index in [1.54, 1.807) is 0 Å². The molecule has 2 N–H and O–H groups in total. The maximum Gasteiger partial charge on any atom is 0.244 e. The molecule has 20 heavy (non-hydrogen) atoms. The van der Waals surface area contributed by atoms with Crippen molar-refractivity contribution in [1.29, 1.82) is 0 Å². The van der Waals surface area contributed by atoms with Crippen molar-refractivity contribution < 1.29 is 4.79 Å². The van der Waals surface area contributed by atoms with Crippen molar-refractivity contribution in [3.8, 4) is 0 Å². The van der Waals surface area contributed by atoms with Gasteiger partial charge in [0, 0.05) is 31.4 Å². The highest BCUT2D eigenvalue weighted by Gasteiger charge is 2.26. The van der Waals surface area contributed by atoms with Gasteiger partial charge in [0.15, 0.2) is 0 Å². The van der Waals surface area contributed by atoms with Gasteiger partial charge in [0.05, 0.1) is 0 Å². The number of nitrogens with two attached hydrogens (primary N) is 1. The van der Waals surface area contributed by atoms with Crippen LogP contribution in [0, 0.1) is 0 Å². The van der Waals surface area contributed by atoms with Crippen molar-refractivity contribution in [3.05, 3.63) is 29.8 Å². The summed E-state index contributed by atoms with van der Waals surface area (Å²) < 4.78 is 0. The predicted octanol–water partition coefficient (Wildman–Crippen LogP) is 1.77. The van der Waals surface area contributed by atoms with Crippen LogP contribution in [0.5, 0.6) is 0 Å². The zero-order valence-corrected chi connectivity index (χ0v) is 12.8. The molecule has 108 valence electrons. The molecule has 1 aliphatic heterocycles. The number of thiocarbonyl (C=S) groups is 1. The van der Waals surface area contributed by atoms with Gasteiger partial charge in [-0.3, -0.25) is 4.79 Å². The van der Waals surface area contributed by atoms with Crippen LogP contribution in [0.2, 0.25) is 0 Å². The number of hydrogen-bond acceptors (Lipinski definition) is 3. The zero-order valence-electron chi connectivity index (χ0n) is 12.0. The fourth-order valence-electron chi connectivity index (χ4n) is 2.47. The van der Waals surface area contributed by atoms with E-state index in [9.17, 15) is 4.79 Å². The number of likely N-dealkylation sites (N-methyl/N-ethyl adjacent to an activating group) is 1. The molecule has 0 radical (unpaired) electrons. The maximum atomic E-state index is 12.4. The summed E-state index contributed by atoms with van der Waals surface area (Å²) in [4.78, 5) is 16.7. The van der Waals surface area contributed by atoms with E-state index in [2.05, 4.69) is 0 Å². The molecular formula is C15H21N3OS. The van der Waals surface area contributed by atoms with Crippen molar-refractivity contribution >= 4 is 28.8 Å². The smallest absolute Gasteiger partial charge is 0.244 e. The van der Waals surface area contributed by atoms with Gasteiger partial charge in [-0.05, 0) is 31.9 Å². The number of nitrogens with zero attached hydrogens (tertiary/aromatic N) is 2. The summed E-state index contributed by atoms with van der Waals surface area (Å²) in [5, 5.41) is 0. The average molecular weight is 291 g/mol. The summed E-state index contributed by atoms with van der Waals surface area (Å²) >= 11 is 5.00. The van der Waals surface area contributed by atoms with Crippen LogP contribution in [0.3, 0.4) is 0 Å². The van der Waals surface area contributed by atoms with Gasteiger partial charge in [0.2, 0.25) is 5.91 Å². The van der Waals surface area contributed by atoms with E-state index in [1.165, 1.54) is 0 Å². The highest BCUT2D eigenvalue weighted by molar-refractivity contribution is 7.80. The number of hydrogen-bond donors (Lipinski definition) is 1. The van der Waals surface area contributed by atoms with Gasteiger partial charge in [0.25, 0.3) is 0 Å². The van der Waals surface area contributed by atoms with E-state index >= 15 is 0 Å². The van der Waals surface area contributed by atoms with Gasteiger partial charge in [-0.2, -0.15) is 0 Å². The molecule has 0 aromatic heterocycles. The second kappa shape index (κ2) is 6.22. The SMILES string of the molecule is CC(C(=O)N1CCCC1)N(C)c1cccc(C(N)=S)c1. The summed E-state index contributed by atoms with van der Waals surface area (Å²) in [7, 11) is 1.93. The van der Waals surface area contributed by atoms with E-state index < -0.39 is 0 Å². The number of benzene rings is 1. The van der Waals surface area contributed by atoms with Crippen LogP contribution < -0.4 is 10.6 Å². The maximum absolute atomic E-state index is 12.4. The number of likely N-dealkylation sites (tertiary alicyclic amines) is 1. The van der Waals surface area contributed by atoms with Gasteiger partial charge in [-0.15, -0.1) is 0 Å². The molecule has 5 heteroatoms. The van der Waals surface area contributed by atoms with Gasteiger partial charge >= 0.3 is 0 Å². The highest BCUT2D eigenvalue weighted by Crippen LogP contribution is 2.19. The third kappa shape index (κ3) is 3.10. The minimum Gasteiger partial charge on any atom is -0.389 e. The molecule has 1 heterocycles. The molecule has 2 rings (SSSR count). The molecular weight excluding hydrogens is 270 g/mol. The van der Waals surface area contributed by atoms with Crippen LogP contribution >= 0.6 is 12.2 Å². The second-order valence-electron chi connectivity index (χ2n) is 5.23. The molecule has 4 nitrogen and oxygen atoms in total. The van der Waals surface area contributed by atoms with E-state index in [0.717, 1.165) is 37.2 Å². The lowest BCUT2D eigenvalue weighted by Gasteiger charge is -2.29. The van der Waals surface area contributed by atoms with Crippen LogP contribution in [-0.4, -0.2) is 42.0 Å². The first-order chi connectivity index (χ1) is 9.50. The van der Waals surface area contributed by atoms with Crippen molar-refractivity contribution in [2.24, 2.45) is 5.73 Å². The van der Waals surface area contributed by atoms with Gasteiger partial charge in [0.1, 0.15) is 11.0 Å². The fourth-order valence-corrected chi connectivity index (χ4v) is 2.60. The number of carbonyl (C=O) groups excluding carboxylic acids is 1. The highest BCUT2D eigenvalue weighted by atomic mass is 32.1. The lowest BCUT2D eigenvalue weighted by molar-refractivity contribution is -0.131. The van der Waals surface area contributed by atoms with E-state index in [-0.39, 0.29) is 11.9 Å². The Morgan fingerprint density at radius 2 is 2.05 bits per heavy atom. The van der Waals surface area contributed by atoms with Crippen LogP contribution in [-0.2, 0) is 4.79 Å². The summed E-state index contributed by atoms with van der Waals surface area (Å²) in [5.74, 6) is 0.186. The Hall–Kier alpha value is -1.62. The predicted molar refractivity (Wildman–Crippen MR) is 86.0 cm³/mol. The third-order valence-corrected chi connectivity index (χ3v) is 4.13. The molecule has 1 atom stereocenters. The molecule has 1 aliphatic rings. The van der Waals surface area contributed by atoms with Crippen LogP contribution in [0.15, 0.2) is 24.3 Å². The molecule has 1 amide bonds. The van der Waals surface area contributed by atoms with Crippen molar-refractivity contribution in [2.45, 2.75) is 25.8 Å². The fraction of sp³-hybridized carbons (Fsp3) is 0.467. The van der Waals surface area contributed by atoms with Gasteiger partial charge in [-0.25, -0.2) is 0 Å². The molecule has 1 unspecified atom stereocenters. The van der Waals surface area contributed by atoms with E-state index in [1.807, 2.05) is 48.0 Å². The molecule has 1 aromatic rings. The third-order valence-electron chi connectivity index (χ3n) is 3.89. The lowest BCUT2D eigenvalue weighted by Crippen LogP contribution is -2.44. The topological polar surface area (TPSA) is 49.6 Å². The number of amides is 1.